The summed E-state index contributed by atoms with van der Waals surface area (Å²) in [4.78, 5) is 15.9. The van der Waals surface area contributed by atoms with E-state index in [1.165, 1.54) is 0 Å². The number of nitrogens with zero attached hydrogens (tertiary/aromatic N) is 1. The maximum Gasteiger partial charge on any atom is 0.238 e. The quantitative estimate of drug-likeness (QED) is 0.760. The number of amides is 1. The van der Waals surface area contributed by atoms with Crippen LogP contribution >= 0.6 is 11.8 Å². The summed E-state index contributed by atoms with van der Waals surface area (Å²) in [5, 5.41) is 6.11. The second-order valence-corrected chi connectivity index (χ2v) is 5.02. The molecule has 0 bridgehead atoms. The van der Waals surface area contributed by atoms with Crippen molar-refractivity contribution in [1.29, 1.82) is 0 Å². The second-order valence-electron chi connectivity index (χ2n) is 3.99. The Morgan fingerprint density at radius 3 is 3.24 bits per heavy atom. The zero-order valence-corrected chi connectivity index (χ0v) is 10.5. The molecule has 1 atom stereocenters. The molecule has 2 N–H and O–H groups in total. The summed E-state index contributed by atoms with van der Waals surface area (Å²) >= 11 is 1.76. The molecule has 0 radical (unpaired) electrons. The van der Waals surface area contributed by atoms with Crippen LogP contribution in [0.5, 0.6) is 0 Å². The SMILES string of the molecule is O=C(NCCCc1ccccn1)C1CSCN1. The van der Waals surface area contributed by atoms with Crippen molar-refractivity contribution in [1.82, 2.24) is 15.6 Å². The topological polar surface area (TPSA) is 54.0 Å². The first kappa shape index (κ1) is 12.4. The number of thioether (sulfide) groups is 1. The van der Waals surface area contributed by atoms with Gasteiger partial charge in [0, 0.05) is 30.1 Å². The number of aryl methyl sites for hydroxylation is 1. The Labute approximate surface area is 106 Å². The van der Waals surface area contributed by atoms with Crippen LogP contribution in [0.25, 0.3) is 0 Å². The molecule has 1 unspecified atom stereocenters. The molecule has 1 amide bonds. The number of aromatic nitrogens is 1. The normalized spacial score (nSPS) is 19.2. The van der Waals surface area contributed by atoms with Gasteiger partial charge < -0.3 is 5.32 Å². The fourth-order valence-electron chi connectivity index (χ4n) is 1.71. The number of pyridine rings is 1. The van der Waals surface area contributed by atoms with Gasteiger partial charge in [-0.25, -0.2) is 0 Å². The highest BCUT2D eigenvalue weighted by Crippen LogP contribution is 2.09. The van der Waals surface area contributed by atoms with Crippen molar-refractivity contribution in [2.75, 3.05) is 18.2 Å². The molecule has 2 rings (SSSR count). The molecule has 1 aliphatic rings. The third kappa shape index (κ3) is 4.02. The van der Waals surface area contributed by atoms with Crippen molar-refractivity contribution in [3.63, 3.8) is 0 Å². The van der Waals surface area contributed by atoms with E-state index in [2.05, 4.69) is 15.6 Å². The number of hydrogen-bond donors (Lipinski definition) is 2. The minimum Gasteiger partial charge on any atom is -0.355 e. The van der Waals surface area contributed by atoms with Crippen LogP contribution < -0.4 is 10.6 Å². The number of carbonyl (C=O) groups is 1. The molecule has 1 saturated heterocycles. The summed E-state index contributed by atoms with van der Waals surface area (Å²) in [5.41, 5.74) is 1.08. The van der Waals surface area contributed by atoms with Gasteiger partial charge in [-0.05, 0) is 25.0 Å². The Morgan fingerprint density at radius 1 is 1.59 bits per heavy atom. The predicted octanol–water partition coefficient (Wildman–Crippen LogP) is 0.793. The van der Waals surface area contributed by atoms with Gasteiger partial charge in [-0.1, -0.05) is 6.07 Å². The molecule has 5 heteroatoms. The summed E-state index contributed by atoms with van der Waals surface area (Å²) in [5.74, 6) is 1.88. The smallest absolute Gasteiger partial charge is 0.238 e. The summed E-state index contributed by atoms with van der Waals surface area (Å²) in [7, 11) is 0. The van der Waals surface area contributed by atoms with Crippen LogP contribution in [0.2, 0.25) is 0 Å². The van der Waals surface area contributed by atoms with Crippen molar-refractivity contribution in [2.24, 2.45) is 0 Å². The maximum absolute atomic E-state index is 11.7. The Balaban J connectivity index is 1.61. The van der Waals surface area contributed by atoms with Gasteiger partial charge in [0.1, 0.15) is 0 Å². The second kappa shape index (κ2) is 6.61. The predicted molar refractivity (Wildman–Crippen MR) is 69.8 cm³/mol. The minimum absolute atomic E-state index is 0.00477. The van der Waals surface area contributed by atoms with Crippen molar-refractivity contribution < 1.29 is 4.79 Å². The van der Waals surface area contributed by atoms with E-state index >= 15 is 0 Å². The maximum atomic E-state index is 11.7. The molecule has 2 heterocycles. The Bertz CT molecular complexity index is 352. The Hall–Kier alpha value is -1.07. The monoisotopic (exact) mass is 251 g/mol. The van der Waals surface area contributed by atoms with Crippen LogP contribution in [-0.4, -0.2) is 35.1 Å². The lowest BCUT2D eigenvalue weighted by Gasteiger charge is -2.09. The molecule has 17 heavy (non-hydrogen) atoms. The van der Waals surface area contributed by atoms with E-state index in [0.717, 1.165) is 36.7 Å². The van der Waals surface area contributed by atoms with Crippen LogP contribution in [0, 0.1) is 0 Å². The highest BCUT2D eigenvalue weighted by Gasteiger charge is 2.21. The zero-order valence-electron chi connectivity index (χ0n) is 9.69. The van der Waals surface area contributed by atoms with E-state index in [1.54, 1.807) is 18.0 Å². The molecule has 0 saturated carbocycles. The largest absolute Gasteiger partial charge is 0.355 e. The fraction of sp³-hybridized carbons (Fsp3) is 0.500. The number of nitrogens with one attached hydrogen (secondary N) is 2. The van der Waals surface area contributed by atoms with Crippen molar-refractivity contribution in [2.45, 2.75) is 18.9 Å². The van der Waals surface area contributed by atoms with E-state index in [9.17, 15) is 4.79 Å². The van der Waals surface area contributed by atoms with Gasteiger partial charge in [0.15, 0.2) is 0 Å². The average Bonchev–Trinajstić information content (AvgIpc) is 2.89. The molecule has 4 nitrogen and oxygen atoms in total. The Morgan fingerprint density at radius 2 is 2.53 bits per heavy atom. The van der Waals surface area contributed by atoms with Crippen molar-refractivity contribution >= 4 is 17.7 Å². The Kier molecular flexibility index (Phi) is 4.82. The van der Waals surface area contributed by atoms with Gasteiger partial charge in [-0.2, -0.15) is 0 Å². The standard InChI is InChI=1S/C12H17N3OS/c16-12(11-8-17-9-15-11)14-7-3-5-10-4-1-2-6-13-10/h1-2,4,6,11,15H,3,5,7-9H2,(H,14,16). The molecule has 92 valence electrons. The highest BCUT2D eigenvalue weighted by atomic mass is 32.2. The molecule has 1 fully saturated rings. The fourth-order valence-corrected chi connectivity index (χ4v) is 2.66. The summed E-state index contributed by atoms with van der Waals surface area (Å²) in [6.45, 7) is 0.720. The molecule has 0 spiro atoms. The van der Waals surface area contributed by atoms with E-state index in [0.29, 0.717) is 0 Å². The molecular weight excluding hydrogens is 234 g/mol. The molecule has 1 aliphatic heterocycles. The zero-order chi connectivity index (χ0) is 11.9. The first-order valence-corrected chi connectivity index (χ1v) is 7.00. The van der Waals surface area contributed by atoms with Crippen LogP contribution in [0.1, 0.15) is 12.1 Å². The average molecular weight is 251 g/mol. The molecule has 1 aromatic rings. The van der Waals surface area contributed by atoms with Crippen LogP contribution in [0.4, 0.5) is 0 Å². The molecular formula is C12H17N3OS. The molecule has 0 aliphatic carbocycles. The van der Waals surface area contributed by atoms with Crippen molar-refractivity contribution in [3.8, 4) is 0 Å². The highest BCUT2D eigenvalue weighted by molar-refractivity contribution is 7.99. The van der Waals surface area contributed by atoms with Gasteiger partial charge in [0.05, 0.1) is 6.04 Å². The van der Waals surface area contributed by atoms with Crippen LogP contribution in [0.15, 0.2) is 24.4 Å². The van der Waals surface area contributed by atoms with Gasteiger partial charge in [0.25, 0.3) is 0 Å². The van der Waals surface area contributed by atoms with E-state index in [-0.39, 0.29) is 11.9 Å². The van der Waals surface area contributed by atoms with E-state index < -0.39 is 0 Å². The lowest BCUT2D eigenvalue weighted by atomic mass is 10.2. The van der Waals surface area contributed by atoms with Gasteiger partial charge in [0.2, 0.25) is 5.91 Å². The van der Waals surface area contributed by atoms with Gasteiger partial charge >= 0.3 is 0 Å². The third-order valence-electron chi connectivity index (χ3n) is 2.67. The first-order valence-electron chi connectivity index (χ1n) is 5.85. The summed E-state index contributed by atoms with van der Waals surface area (Å²) < 4.78 is 0. The third-order valence-corrected chi connectivity index (χ3v) is 3.61. The number of rotatable bonds is 5. The van der Waals surface area contributed by atoms with E-state index in [1.807, 2.05) is 18.2 Å². The van der Waals surface area contributed by atoms with Crippen LogP contribution in [-0.2, 0) is 11.2 Å². The van der Waals surface area contributed by atoms with E-state index in [4.69, 9.17) is 0 Å². The first-order chi connectivity index (χ1) is 8.36. The molecule has 0 aromatic carbocycles. The lowest BCUT2D eigenvalue weighted by Crippen LogP contribution is -2.42. The number of carbonyl (C=O) groups excluding carboxylic acids is 1. The van der Waals surface area contributed by atoms with Crippen LogP contribution in [0.3, 0.4) is 0 Å². The van der Waals surface area contributed by atoms with Crippen molar-refractivity contribution in [3.05, 3.63) is 30.1 Å². The number of hydrogen-bond acceptors (Lipinski definition) is 4. The summed E-state index contributed by atoms with van der Waals surface area (Å²) in [6.07, 6.45) is 3.64. The van der Waals surface area contributed by atoms with Gasteiger partial charge in [-0.3, -0.25) is 15.1 Å². The minimum atomic E-state index is -0.00477. The summed E-state index contributed by atoms with van der Waals surface area (Å²) in [6, 6.07) is 5.90. The van der Waals surface area contributed by atoms with Gasteiger partial charge in [-0.15, -0.1) is 11.8 Å². The lowest BCUT2D eigenvalue weighted by molar-refractivity contribution is -0.122. The molecule has 1 aromatic heterocycles.